The van der Waals surface area contributed by atoms with E-state index in [1.807, 2.05) is 0 Å². The molecule has 2 saturated carbocycles. The summed E-state index contributed by atoms with van der Waals surface area (Å²) >= 11 is 0. The van der Waals surface area contributed by atoms with Crippen molar-refractivity contribution in [3.63, 3.8) is 0 Å². The second-order valence-electron chi connectivity index (χ2n) is 13.5. The van der Waals surface area contributed by atoms with Crippen LogP contribution in [-0.4, -0.2) is 40.3 Å². The maximum Gasteiger partial charge on any atom is 0.345 e. The molecule has 3 aromatic rings. The third kappa shape index (κ3) is 4.94. The van der Waals surface area contributed by atoms with Gasteiger partial charge < -0.3 is 23.7 Å². The van der Waals surface area contributed by atoms with Crippen LogP contribution in [0, 0.1) is 34.4 Å². The van der Waals surface area contributed by atoms with Gasteiger partial charge in [-0.15, -0.1) is 0 Å². The number of carbonyl (C=O) groups excluding carboxylic acids is 2. The number of aliphatic hydroxyl groups is 1. The number of aliphatic hydroxyl groups excluding tert-OH is 1. The highest BCUT2D eigenvalue weighted by atomic mass is 19.1. The molecule has 9 nitrogen and oxygen atoms in total. The zero-order chi connectivity index (χ0) is 32.3. The van der Waals surface area contributed by atoms with Crippen LogP contribution in [0.15, 0.2) is 64.1 Å². The van der Waals surface area contributed by atoms with Crippen LogP contribution in [0.1, 0.15) is 75.9 Å². The number of esters is 2. The molecule has 45 heavy (non-hydrogen) atoms. The Kier molecular flexibility index (Phi) is 7.62. The first-order chi connectivity index (χ1) is 21.3. The predicted octanol–water partition coefficient (Wildman–Crippen LogP) is 5.89. The SMILES string of the molecule is CC(=O)OCC1(C)C2C[C@H](OC(=O)c3ccccc3F)[C@@]3(C)Oc4cc(-c5cccnc5)oc(=O)c4[C@H](O)C3[C@@]2(C)CC[C@@H]1C. The molecular formula is C35H38FNO8. The summed E-state index contributed by atoms with van der Waals surface area (Å²) in [5.74, 6) is -2.53. The third-order valence-corrected chi connectivity index (χ3v) is 11.0. The second-order valence-corrected chi connectivity index (χ2v) is 13.5. The maximum absolute atomic E-state index is 14.7. The molecule has 3 unspecified atom stereocenters. The largest absolute Gasteiger partial charge is 0.482 e. The van der Waals surface area contributed by atoms with Gasteiger partial charge in [-0.1, -0.05) is 32.9 Å². The number of carbonyl (C=O) groups is 2. The van der Waals surface area contributed by atoms with E-state index in [0.717, 1.165) is 6.42 Å². The number of fused-ring (bicyclic) bond motifs is 4. The van der Waals surface area contributed by atoms with Crippen molar-refractivity contribution in [2.24, 2.45) is 28.6 Å². The lowest BCUT2D eigenvalue weighted by molar-refractivity contribution is -0.257. The number of hydrogen-bond acceptors (Lipinski definition) is 9. The standard InChI is InChI=1S/C35H38FNO8/c1-19-12-13-33(3)26(34(19,4)18-42-20(2)38)16-27(44-31(40)22-10-6-7-11-23(22)36)35(5)30(33)29(39)28-25(45-35)15-24(43-32(28)41)21-9-8-14-37-17-21/h6-11,14-15,17,19,26-27,29-30,39H,12-13,16,18H2,1-5H3/t19-,26?,27-,29-,30?,33-,34?,35+/m0/s1. The molecule has 0 bridgehead atoms. The minimum atomic E-state index is -1.34. The minimum Gasteiger partial charge on any atom is -0.482 e. The van der Waals surface area contributed by atoms with E-state index in [2.05, 4.69) is 25.8 Å². The number of benzene rings is 1. The molecule has 2 fully saturated rings. The van der Waals surface area contributed by atoms with Gasteiger partial charge in [-0.3, -0.25) is 9.78 Å². The van der Waals surface area contributed by atoms with Crippen LogP contribution in [-0.2, 0) is 14.3 Å². The topological polar surface area (TPSA) is 125 Å². The van der Waals surface area contributed by atoms with Crippen molar-refractivity contribution in [2.45, 2.75) is 71.7 Å². The first kappa shape index (κ1) is 31.0. The van der Waals surface area contributed by atoms with E-state index in [1.165, 1.54) is 25.1 Å². The number of hydrogen-bond donors (Lipinski definition) is 1. The molecule has 1 aliphatic heterocycles. The third-order valence-electron chi connectivity index (χ3n) is 11.0. The van der Waals surface area contributed by atoms with Crippen LogP contribution in [0.25, 0.3) is 11.3 Å². The molecule has 0 spiro atoms. The summed E-state index contributed by atoms with van der Waals surface area (Å²) in [6.45, 7) is 9.50. The summed E-state index contributed by atoms with van der Waals surface area (Å²) in [4.78, 5) is 43.1. The Labute approximate surface area is 260 Å². The quantitative estimate of drug-likeness (QED) is 0.348. The van der Waals surface area contributed by atoms with Crippen molar-refractivity contribution in [1.29, 1.82) is 0 Å². The summed E-state index contributed by atoms with van der Waals surface area (Å²) < 4.78 is 38.9. The van der Waals surface area contributed by atoms with E-state index in [-0.39, 0.29) is 41.1 Å². The Morgan fingerprint density at radius 2 is 1.91 bits per heavy atom. The molecule has 238 valence electrons. The van der Waals surface area contributed by atoms with Gasteiger partial charge in [0.1, 0.15) is 34.6 Å². The van der Waals surface area contributed by atoms with Gasteiger partial charge in [-0.25, -0.2) is 14.0 Å². The van der Waals surface area contributed by atoms with Crippen LogP contribution in [0.3, 0.4) is 0 Å². The molecule has 8 atom stereocenters. The van der Waals surface area contributed by atoms with Crippen molar-refractivity contribution in [2.75, 3.05) is 6.61 Å². The fraction of sp³-hybridized carbons (Fsp3) is 0.486. The minimum absolute atomic E-state index is 0.00789. The van der Waals surface area contributed by atoms with Gasteiger partial charge in [-0.05, 0) is 67.7 Å². The molecule has 0 amide bonds. The van der Waals surface area contributed by atoms with Crippen molar-refractivity contribution in [1.82, 2.24) is 4.98 Å². The first-order valence-corrected chi connectivity index (χ1v) is 15.3. The fourth-order valence-corrected chi connectivity index (χ4v) is 8.52. The van der Waals surface area contributed by atoms with Crippen LogP contribution in [0.2, 0.25) is 0 Å². The molecule has 3 aliphatic rings. The average Bonchev–Trinajstić information content (AvgIpc) is 2.99. The Morgan fingerprint density at radius 3 is 2.60 bits per heavy atom. The highest BCUT2D eigenvalue weighted by Crippen LogP contribution is 2.68. The van der Waals surface area contributed by atoms with E-state index in [4.69, 9.17) is 18.6 Å². The maximum atomic E-state index is 14.7. The summed E-state index contributed by atoms with van der Waals surface area (Å²) in [6.07, 6.45) is 2.58. The molecule has 1 N–H and O–H groups in total. The van der Waals surface area contributed by atoms with Gasteiger partial charge in [0, 0.05) is 42.3 Å². The highest BCUT2D eigenvalue weighted by molar-refractivity contribution is 5.89. The summed E-state index contributed by atoms with van der Waals surface area (Å²) in [6, 6.07) is 10.6. The van der Waals surface area contributed by atoms with Gasteiger partial charge in [-0.2, -0.15) is 0 Å². The molecule has 10 heteroatoms. The number of aromatic nitrogens is 1. The molecule has 3 heterocycles. The number of nitrogens with zero attached hydrogens (tertiary/aromatic N) is 1. The van der Waals surface area contributed by atoms with Crippen LogP contribution in [0.4, 0.5) is 4.39 Å². The Balaban J connectivity index is 1.50. The summed E-state index contributed by atoms with van der Waals surface area (Å²) in [5.41, 5.74) is -2.97. The number of pyridine rings is 1. The van der Waals surface area contributed by atoms with Gasteiger partial charge in [0.05, 0.1) is 18.3 Å². The van der Waals surface area contributed by atoms with E-state index in [0.29, 0.717) is 18.4 Å². The lowest BCUT2D eigenvalue weighted by atomic mass is 9.41. The van der Waals surface area contributed by atoms with E-state index < -0.39 is 57.9 Å². The van der Waals surface area contributed by atoms with E-state index in [1.54, 1.807) is 43.6 Å². The van der Waals surface area contributed by atoms with Gasteiger partial charge in [0.15, 0.2) is 0 Å². The van der Waals surface area contributed by atoms with Crippen molar-refractivity contribution < 1.29 is 37.7 Å². The van der Waals surface area contributed by atoms with Crippen molar-refractivity contribution in [3.8, 4) is 17.1 Å². The lowest BCUT2D eigenvalue weighted by Gasteiger charge is -2.66. The van der Waals surface area contributed by atoms with Gasteiger partial charge in [0.25, 0.3) is 0 Å². The van der Waals surface area contributed by atoms with Crippen LogP contribution >= 0.6 is 0 Å². The molecule has 0 radical (unpaired) electrons. The predicted molar refractivity (Wildman–Crippen MR) is 161 cm³/mol. The van der Waals surface area contributed by atoms with E-state index >= 15 is 0 Å². The zero-order valence-corrected chi connectivity index (χ0v) is 26.0. The number of halogens is 1. The van der Waals surface area contributed by atoms with Crippen LogP contribution in [0.5, 0.6) is 5.75 Å². The van der Waals surface area contributed by atoms with Gasteiger partial charge >= 0.3 is 17.6 Å². The highest BCUT2D eigenvalue weighted by Gasteiger charge is 2.70. The summed E-state index contributed by atoms with van der Waals surface area (Å²) in [5, 5.41) is 12.2. The number of ether oxygens (including phenoxy) is 3. The zero-order valence-electron chi connectivity index (χ0n) is 26.0. The molecule has 6 rings (SSSR count). The van der Waals surface area contributed by atoms with Crippen LogP contribution < -0.4 is 10.4 Å². The number of rotatable bonds is 5. The summed E-state index contributed by atoms with van der Waals surface area (Å²) in [7, 11) is 0. The molecule has 1 aromatic carbocycles. The normalized spacial score (nSPS) is 33.5. The second kappa shape index (κ2) is 11.1. The molecule has 2 aromatic heterocycles. The van der Waals surface area contributed by atoms with E-state index in [9.17, 15) is 23.9 Å². The smallest absolute Gasteiger partial charge is 0.345 e. The first-order valence-electron chi connectivity index (χ1n) is 15.3. The Bertz CT molecular complexity index is 1690. The molecule has 0 saturated heterocycles. The van der Waals surface area contributed by atoms with Crippen molar-refractivity contribution >= 4 is 11.9 Å². The van der Waals surface area contributed by atoms with Gasteiger partial charge in [0.2, 0.25) is 0 Å². The fourth-order valence-electron chi connectivity index (χ4n) is 8.52. The Hall–Kier alpha value is -4.05. The molecule has 2 aliphatic carbocycles. The van der Waals surface area contributed by atoms with Crippen molar-refractivity contribution in [3.05, 3.63) is 82.2 Å². The molecular weight excluding hydrogens is 581 g/mol. The average molecular weight is 620 g/mol. The monoisotopic (exact) mass is 619 g/mol. The Morgan fingerprint density at radius 1 is 1.16 bits per heavy atom. The lowest BCUT2D eigenvalue weighted by Crippen LogP contribution is -2.70.